The number of hydrogen-bond donors (Lipinski definition) is 1. The number of rotatable bonds is 5. The molecule has 1 aliphatic heterocycles. The van der Waals surface area contributed by atoms with Crippen molar-refractivity contribution in [3.8, 4) is 0 Å². The molecule has 2 fully saturated rings. The van der Waals surface area contributed by atoms with Crippen LogP contribution >= 0.6 is 0 Å². The van der Waals surface area contributed by atoms with Crippen molar-refractivity contribution in [2.75, 3.05) is 6.54 Å². The van der Waals surface area contributed by atoms with Gasteiger partial charge in [-0.3, -0.25) is 4.79 Å². The summed E-state index contributed by atoms with van der Waals surface area (Å²) >= 11 is 0. The molecular formula is C23H29F3N2O. The third kappa shape index (κ3) is 4.62. The van der Waals surface area contributed by atoms with Gasteiger partial charge in [0.15, 0.2) is 0 Å². The van der Waals surface area contributed by atoms with E-state index in [4.69, 9.17) is 0 Å². The third-order valence-corrected chi connectivity index (χ3v) is 6.61. The van der Waals surface area contributed by atoms with Gasteiger partial charge in [-0.15, -0.1) is 0 Å². The van der Waals surface area contributed by atoms with Crippen LogP contribution in [0.1, 0.15) is 75.5 Å². The lowest BCUT2D eigenvalue weighted by atomic mass is 9.94. The molecule has 0 bridgehead atoms. The smallest absolute Gasteiger partial charge is 0.367 e. The van der Waals surface area contributed by atoms with Crippen LogP contribution in [0.15, 0.2) is 35.5 Å². The Bertz CT molecular complexity index is 792. The van der Waals surface area contributed by atoms with Gasteiger partial charge in [0, 0.05) is 30.3 Å². The van der Waals surface area contributed by atoms with Crippen molar-refractivity contribution in [1.82, 2.24) is 10.2 Å². The summed E-state index contributed by atoms with van der Waals surface area (Å²) in [5, 5.41) is 3.18. The predicted molar refractivity (Wildman–Crippen MR) is 106 cm³/mol. The highest BCUT2D eigenvalue weighted by atomic mass is 19.4. The van der Waals surface area contributed by atoms with Crippen LogP contribution < -0.4 is 5.32 Å². The second-order valence-corrected chi connectivity index (χ2v) is 8.81. The molecular weight excluding hydrogens is 377 g/mol. The van der Waals surface area contributed by atoms with E-state index in [1.165, 1.54) is 18.6 Å². The van der Waals surface area contributed by atoms with Gasteiger partial charge in [0.25, 0.3) is 0 Å². The van der Waals surface area contributed by atoms with Crippen LogP contribution in [0.2, 0.25) is 0 Å². The fourth-order valence-electron chi connectivity index (χ4n) is 4.70. The zero-order valence-corrected chi connectivity index (χ0v) is 16.9. The molecule has 158 valence electrons. The lowest BCUT2D eigenvalue weighted by Crippen LogP contribution is -2.37. The minimum Gasteiger partial charge on any atom is -0.367 e. The Morgan fingerprint density at radius 2 is 1.86 bits per heavy atom. The van der Waals surface area contributed by atoms with Gasteiger partial charge in [-0.05, 0) is 56.2 Å². The summed E-state index contributed by atoms with van der Waals surface area (Å²) < 4.78 is 39.7. The zero-order valence-electron chi connectivity index (χ0n) is 16.9. The summed E-state index contributed by atoms with van der Waals surface area (Å²) in [5.74, 6) is 0.545. The minimum absolute atomic E-state index is 0.0373. The van der Waals surface area contributed by atoms with Gasteiger partial charge in [0.05, 0.1) is 11.6 Å². The molecule has 6 heteroatoms. The molecule has 0 aromatic heterocycles. The fourth-order valence-corrected chi connectivity index (χ4v) is 4.70. The van der Waals surface area contributed by atoms with Crippen molar-refractivity contribution in [2.24, 2.45) is 5.92 Å². The fraction of sp³-hybridized carbons (Fsp3) is 0.609. The van der Waals surface area contributed by atoms with Gasteiger partial charge in [-0.1, -0.05) is 31.4 Å². The van der Waals surface area contributed by atoms with E-state index in [0.717, 1.165) is 62.4 Å². The van der Waals surface area contributed by atoms with Crippen LogP contribution in [0, 0.1) is 5.92 Å². The molecule has 2 saturated carbocycles. The molecule has 1 aromatic rings. The van der Waals surface area contributed by atoms with Crippen molar-refractivity contribution < 1.29 is 18.0 Å². The molecule has 0 spiro atoms. The molecule has 0 saturated heterocycles. The number of benzene rings is 1. The maximum atomic E-state index is 13.2. The van der Waals surface area contributed by atoms with Crippen LogP contribution in [-0.2, 0) is 11.0 Å². The van der Waals surface area contributed by atoms with Crippen LogP contribution in [-0.4, -0.2) is 23.4 Å². The second-order valence-electron chi connectivity index (χ2n) is 8.81. The minimum atomic E-state index is -4.36. The van der Waals surface area contributed by atoms with Crippen LogP contribution in [0.5, 0.6) is 0 Å². The lowest BCUT2D eigenvalue weighted by molar-refractivity contribution is -0.137. The number of amides is 1. The third-order valence-electron chi connectivity index (χ3n) is 6.61. The van der Waals surface area contributed by atoms with Crippen LogP contribution in [0.4, 0.5) is 13.2 Å². The topological polar surface area (TPSA) is 32.3 Å². The van der Waals surface area contributed by atoms with E-state index < -0.39 is 11.7 Å². The number of halogens is 3. The monoisotopic (exact) mass is 406 g/mol. The normalized spacial score (nSPS) is 23.6. The Balaban J connectivity index is 1.56. The molecule has 1 N–H and O–H groups in total. The van der Waals surface area contributed by atoms with Gasteiger partial charge < -0.3 is 10.2 Å². The van der Waals surface area contributed by atoms with Gasteiger partial charge in [-0.25, -0.2) is 0 Å². The highest BCUT2D eigenvalue weighted by Crippen LogP contribution is 2.43. The average molecular weight is 406 g/mol. The largest absolute Gasteiger partial charge is 0.416 e. The molecule has 1 heterocycles. The molecule has 3 aliphatic rings. The summed E-state index contributed by atoms with van der Waals surface area (Å²) in [6, 6.07) is 5.62. The van der Waals surface area contributed by atoms with Crippen molar-refractivity contribution >= 4 is 5.91 Å². The van der Waals surface area contributed by atoms with Crippen LogP contribution in [0.3, 0.4) is 0 Å². The van der Waals surface area contributed by atoms with Crippen molar-refractivity contribution in [2.45, 2.75) is 76.6 Å². The SMILES string of the molecule is CC1=C(C(=O)NC2CCCCC2)CC(c2cccc(C(F)(F)F)c2)N1CC1CC1. The second kappa shape index (κ2) is 8.04. The predicted octanol–water partition coefficient (Wildman–Crippen LogP) is 5.59. The van der Waals surface area contributed by atoms with Crippen molar-refractivity contribution in [3.05, 3.63) is 46.7 Å². The maximum Gasteiger partial charge on any atom is 0.416 e. The van der Waals surface area contributed by atoms with Gasteiger partial charge >= 0.3 is 6.18 Å². The number of alkyl halides is 3. The number of hydrogen-bond acceptors (Lipinski definition) is 2. The van der Waals surface area contributed by atoms with E-state index in [1.807, 2.05) is 6.92 Å². The first-order valence-electron chi connectivity index (χ1n) is 10.8. The first-order chi connectivity index (χ1) is 13.8. The van der Waals surface area contributed by atoms with E-state index in [0.29, 0.717) is 17.9 Å². The molecule has 3 nitrogen and oxygen atoms in total. The highest BCUT2D eigenvalue weighted by molar-refractivity contribution is 5.95. The van der Waals surface area contributed by atoms with Crippen molar-refractivity contribution in [3.63, 3.8) is 0 Å². The molecule has 1 unspecified atom stereocenters. The van der Waals surface area contributed by atoms with E-state index in [2.05, 4.69) is 10.2 Å². The van der Waals surface area contributed by atoms with Gasteiger partial charge in [-0.2, -0.15) is 13.2 Å². The summed E-state index contributed by atoms with van der Waals surface area (Å²) in [4.78, 5) is 15.2. The molecule has 1 amide bonds. The average Bonchev–Trinajstić information content (AvgIpc) is 3.45. The van der Waals surface area contributed by atoms with E-state index in [-0.39, 0.29) is 18.0 Å². The quantitative estimate of drug-likeness (QED) is 0.692. The summed E-state index contributed by atoms with van der Waals surface area (Å²) in [6.07, 6.45) is 3.96. The summed E-state index contributed by atoms with van der Waals surface area (Å²) in [7, 11) is 0. The van der Waals surface area contributed by atoms with Crippen LogP contribution in [0.25, 0.3) is 0 Å². The Morgan fingerprint density at radius 1 is 1.14 bits per heavy atom. The van der Waals surface area contributed by atoms with Gasteiger partial charge in [0.1, 0.15) is 0 Å². The molecule has 1 atom stereocenters. The van der Waals surface area contributed by atoms with E-state index in [1.54, 1.807) is 6.07 Å². The Morgan fingerprint density at radius 3 is 2.52 bits per heavy atom. The molecule has 29 heavy (non-hydrogen) atoms. The maximum absolute atomic E-state index is 13.2. The van der Waals surface area contributed by atoms with Crippen molar-refractivity contribution in [1.29, 1.82) is 0 Å². The molecule has 1 aromatic carbocycles. The number of nitrogens with zero attached hydrogens (tertiary/aromatic N) is 1. The Hall–Kier alpha value is -1.98. The summed E-state index contributed by atoms with van der Waals surface area (Å²) in [5.41, 5.74) is 1.67. The standard InChI is InChI=1S/C23H29F3N2O/c1-15-20(22(29)27-19-8-3-2-4-9-19)13-21(28(15)14-16-10-11-16)17-6-5-7-18(12-17)23(24,25)26/h5-7,12,16,19,21H,2-4,8-11,13-14H2,1H3,(H,27,29). The highest BCUT2D eigenvalue weighted by Gasteiger charge is 2.38. The lowest BCUT2D eigenvalue weighted by Gasteiger charge is -2.29. The number of carbonyl (C=O) groups is 1. The molecule has 0 radical (unpaired) electrons. The summed E-state index contributed by atoms with van der Waals surface area (Å²) in [6.45, 7) is 2.76. The number of allylic oxidation sites excluding steroid dienone is 1. The zero-order chi connectivity index (χ0) is 20.6. The number of nitrogens with one attached hydrogen (secondary N) is 1. The first kappa shape index (κ1) is 20.3. The van der Waals surface area contributed by atoms with E-state index >= 15 is 0 Å². The van der Waals surface area contributed by atoms with E-state index in [9.17, 15) is 18.0 Å². The molecule has 4 rings (SSSR count). The Labute approximate surface area is 170 Å². The number of carbonyl (C=O) groups excluding carboxylic acids is 1. The van der Waals surface area contributed by atoms with Gasteiger partial charge in [0.2, 0.25) is 5.91 Å². The Kier molecular flexibility index (Phi) is 5.63. The molecule has 2 aliphatic carbocycles. The first-order valence-corrected chi connectivity index (χ1v) is 10.8.